The Bertz CT molecular complexity index is 755. The predicted octanol–water partition coefficient (Wildman–Crippen LogP) is 4.05. The number of hydrogen-bond acceptors (Lipinski definition) is 4. The van der Waals surface area contributed by atoms with Gasteiger partial charge in [0.1, 0.15) is 12.2 Å². The Labute approximate surface area is 161 Å². The van der Waals surface area contributed by atoms with Crippen molar-refractivity contribution in [1.29, 1.82) is 0 Å². The average molecular weight is 374 g/mol. The zero-order valence-electron chi connectivity index (χ0n) is 17.2. The molecule has 1 heterocycles. The summed E-state index contributed by atoms with van der Waals surface area (Å²) in [6.07, 6.45) is 2.10. The normalized spacial score (nSPS) is 12.7. The molecule has 0 saturated heterocycles. The molecular formula is C21H30N2O4. The fourth-order valence-corrected chi connectivity index (χ4v) is 2.75. The van der Waals surface area contributed by atoms with Crippen LogP contribution in [0, 0.1) is 0 Å². The van der Waals surface area contributed by atoms with E-state index in [1.54, 1.807) is 36.1 Å². The molecule has 1 N–H and O–H groups in total. The SMILES string of the molecule is CC(C)(C)OC(C)(C)C.Cn1nccc1-c1cccc(C(C=O)C(=O)O)c1. The van der Waals surface area contributed by atoms with Gasteiger partial charge in [-0.05, 0) is 59.2 Å². The topological polar surface area (TPSA) is 81.4 Å². The van der Waals surface area contributed by atoms with Crippen LogP contribution in [0.3, 0.4) is 0 Å². The summed E-state index contributed by atoms with van der Waals surface area (Å²) in [5.41, 5.74) is 2.14. The summed E-state index contributed by atoms with van der Waals surface area (Å²) in [7, 11) is 1.80. The van der Waals surface area contributed by atoms with Crippen molar-refractivity contribution in [3.05, 3.63) is 42.1 Å². The van der Waals surface area contributed by atoms with Crippen LogP contribution >= 0.6 is 0 Å². The van der Waals surface area contributed by atoms with Gasteiger partial charge in [-0.3, -0.25) is 9.48 Å². The van der Waals surface area contributed by atoms with Crippen molar-refractivity contribution in [2.24, 2.45) is 7.05 Å². The zero-order chi connectivity index (χ0) is 20.8. The van der Waals surface area contributed by atoms with E-state index in [0.29, 0.717) is 11.8 Å². The molecule has 1 unspecified atom stereocenters. The first-order chi connectivity index (χ1) is 12.3. The number of nitrogens with zero attached hydrogens (tertiary/aromatic N) is 2. The minimum atomic E-state index is -1.15. The molecule has 1 aromatic heterocycles. The molecule has 0 saturated carbocycles. The molecule has 0 aliphatic heterocycles. The van der Waals surface area contributed by atoms with E-state index in [4.69, 9.17) is 9.84 Å². The number of rotatable bonds is 4. The van der Waals surface area contributed by atoms with Crippen LogP contribution in [-0.4, -0.2) is 38.3 Å². The van der Waals surface area contributed by atoms with Crippen LogP contribution in [0.4, 0.5) is 0 Å². The van der Waals surface area contributed by atoms with E-state index in [0.717, 1.165) is 11.3 Å². The highest BCUT2D eigenvalue weighted by molar-refractivity contribution is 5.93. The van der Waals surface area contributed by atoms with Crippen LogP contribution < -0.4 is 0 Å². The molecule has 0 fully saturated rings. The fourth-order valence-electron chi connectivity index (χ4n) is 2.75. The van der Waals surface area contributed by atoms with Crippen LogP contribution in [0.2, 0.25) is 0 Å². The van der Waals surface area contributed by atoms with Crippen molar-refractivity contribution in [2.75, 3.05) is 0 Å². The summed E-state index contributed by atoms with van der Waals surface area (Å²) in [5.74, 6) is -2.27. The Morgan fingerprint density at radius 3 is 2.11 bits per heavy atom. The third-order valence-corrected chi connectivity index (χ3v) is 3.38. The maximum Gasteiger partial charge on any atom is 0.318 e. The predicted molar refractivity (Wildman–Crippen MR) is 106 cm³/mol. The van der Waals surface area contributed by atoms with Crippen molar-refractivity contribution in [3.63, 3.8) is 0 Å². The molecule has 148 valence electrons. The van der Waals surface area contributed by atoms with Crippen LogP contribution in [0.5, 0.6) is 0 Å². The molecule has 1 aromatic carbocycles. The lowest BCUT2D eigenvalue weighted by Crippen LogP contribution is -2.31. The Hall–Kier alpha value is -2.47. The molecule has 27 heavy (non-hydrogen) atoms. The van der Waals surface area contributed by atoms with Crippen molar-refractivity contribution in [1.82, 2.24) is 9.78 Å². The Kier molecular flexibility index (Phi) is 7.48. The van der Waals surface area contributed by atoms with Crippen molar-refractivity contribution in [3.8, 4) is 11.3 Å². The molecule has 0 spiro atoms. The Morgan fingerprint density at radius 2 is 1.74 bits per heavy atom. The number of aromatic nitrogens is 2. The maximum atomic E-state index is 10.9. The summed E-state index contributed by atoms with van der Waals surface area (Å²) < 4.78 is 7.32. The third-order valence-electron chi connectivity index (χ3n) is 3.38. The second kappa shape index (κ2) is 8.95. The summed E-state index contributed by atoms with van der Waals surface area (Å²) in [6.45, 7) is 12.4. The van der Waals surface area contributed by atoms with Crippen molar-refractivity contribution < 1.29 is 19.4 Å². The van der Waals surface area contributed by atoms with Crippen LogP contribution in [0.25, 0.3) is 11.3 Å². The first kappa shape index (κ1) is 22.6. The molecule has 2 rings (SSSR count). The molecular weight excluding hydrogens is 344 g/mol. The first-order valence-corrected chi connectivity index (χ1v) is 8.80. The fraction of sp³-hybridized carbons (Fsp3) is 0.476. The van der Waals surface area contributed by atoms with Crippen molar-refractivity contribution in [2.45, 2.75) is 58.7 Å². The number of carboxylic acid groups (broad SMARTS) is 1. The van der Waals surface area contributed by atoms with Gasteiger partial charge < -0.3 is 14.6 Å². The largest absolute Gasteiger partial charge is 0.480 e. The average Bonchev–Trinajstić information content (AvgIpc) is 2.91. The number of aldehydes is 1. The minimum absolute atomic E-state index is 0.0156. The molecule has 0 aliphatic rings. The molecule has 2 aromatic rings. The molecule has 1 atom stereocenters. The van der Waals surface area contributed by atoms with Gasteiger partial charge in [-0.25, -0.2) is 0 Å². The van der Waals surface area contributed by atoms with Gasteiger partial charge in [0.05, 0.1) is 16.9 Å². The van der Waals surface area contributed by atoms with Gasteiger partial charge in [0, 0.05) is 18.8 Å². The lowest BCUT2D eigenvalue weighted by atomic mass is 9.98. The number of carbonyl (C=O) groups is 2. The van der Waals surface area contributed by atoms with Crippen LogP contribution in [0.15, 0.2) is 36.5 Å². The van der Waals surface area contributed by atoms with E-state index < -0.39 is 11.9 Å². The van der Waals surface area contributed by atoms with E-state index in [-0.39, 0.29) is 11.2 Å². The van der Waals surface area contributed by atoms with Gasteiger partial charge >= 0.3 is 5.97 Å². The van der Waals surface area contributed by atoms with E-state index in [2.05, 4.69) is 46.6 Å². The smallest absolute Gasteiger partial charge is 0.318 e. The highest BCUT2D eigenvalue weighted by Crippen LogP contribution is 2.23. The lowest BCUT2D eigenvalue weighted by molar-refractivity contribution is -0.140. The van der Waals surface area contributed by atoms with Gasteiger partial charge in [-0.1, -0.05) is 18.2 Å². The van der Waals surface area contributed by atoms with Gasteiger partial charge in [0.2, 0.25) is 0 Å². The Balaban J connectivity index is 0.000000345. The second-order valence-corrected chi connectivity index (χ2v) is 8.24. The van der Waals surface area contributed by atoms with Crippen molar-refractivity contribution >= 4 is 12.3 Å². The van der Waals surface area contributed by atoms with Gasteiger partial charge in [0.25, 0.3) is 0 Å². The first-order valence-electron chi connectivity index (χ1n) is 8.80. The standard InChI is InChI=1S/C13H12N2O3.C8H18O/c1-15-12(5-6-14-15)10-4-2-3-9(7-10)11(8-16)13(17)18;1-7(2,3)9-8(4,5)6/h2-8,11H,1H3,(H,17,18);1-6H3. The number of aliphatic carboxylic acids is 1. The van der Waals surface area contributed by atoms with E-state index in [9.17, 15) is 9.59 Å². The number of ether oxygens (including phenoxy) is 1. The molecule has 6 nitrogen and oxygen atoms in total. The number of hydrogen-bond donors (Lipinski definition) is 1. The third kappa shape index (κ3) is 7.74. The summed E-state index contributed by atoms with van der Waals surface area (Å²) >= 11 is 0. The van der Waals surface area contributed by atoms with Crippen LogP contribution in [0.1, 0.15) is 53.0 Å². The number of aryl methyl sites for hydroxylation is 1. The molecule has 6 heteroatoms. The molecule has 0 radical (unpaired) electrons. The quantitative estimate of drug-likeness (QED) is 0.645. The molecule has 0 amide bonds. The molecule has 0 bridgehead atoms. The monoisotopic (exact) mass is 374 g/mol. The number of carboxylic acids is 1. The van der Waals surface area contributed by atoms with Gasteiger partial charge in [0.15, 0.2) is 0 Å². The lowest BCUT2D eigenvalue weighted by Gasteiger charge is -2.30. The minimum Gasteiger partial charge on any atom is -0.480 e. The summed E-state index contributed by atoms with van der Waals surface area (Å²) in [4.78, 5) is 21.8. The number of benzene rings is 1. The maximum absolute atomic E-state index is 10.9. The highest BCUT2D eigenvalue weighted by Gasteiger charge is 2.20. The number of carbonyl (C=O) groups excluding carboxylic acids is 1. The van der Waals surface area contributed by atoms with E-state index >= 15 is 0 Å². The summed E-state index contributed by atoms with van der Waals surface area (Å²) in [6, 6.07) is 8.74. The highest BCUT2D eigenvalue weighted by atomic mass is 16.5. The van der Waals surface area contributed by atoms with E-state index in [1.807, 2.05) is 12.1 Å². The molecule has 0 aliphatic carbocycles. The summed E-state index contributed by atoms with van der Waals surface area (Å²) in [5, 5.41) is 13.0. The Morgan fingerprint density at radius 1 is 1.15 bits per heavy atom. The zero-order valence-corrected chi connectivity index (χ0v) is 17.2. The second-order valence-electron chi connectivity index (χ2n) is 8.24. The van der Waals surface area contributed by atoms with Gasteiger partial charge in [-0.15, -0.1) is 0 Å². The van der Waals surface area contributed by atoms with Gasteiger partial charge in [-0.2, -0.15) is 5.10 Å². The van der Waals surface area contributed by atoms with E-state index in [1.165, 1.54) is 0 Å². The van der Waals surface area contributed by atoms with Crippen LogP contribution in [-0.2, 0) is 21.4 Å².